The molecule has 38 heavy (non-hydrogen) atoms. The predicted molar refractivity (Wildman–Crippen MR) is 151 cm³/mol. The molecule has 1 fully saturated rings. The Balaban J connectivity index is 0.000000198. The zero-order valence-electron chi connectivity index (χ0n) is 23.0. The number of nitrogens with zero attached hydrogens (tertiary/aromatic N) is 5. The largest absolute Gasteiger partial charge is 0.480 e. The van der Waals surface area contributed by atoms with Crippen LogP contribution in [-0.4, -0.2) is 58.9 Å². The quantitative estimate of drug-likeness (QED) is 0.439. The fraction of sp³-hybridized carbons (Fsp3) is 0.367. The minimum absolute atomic E-state index is 0.234. The molecule has 2 aliphatic rings. The van der Waals surface area contributed by atoms with E-state index < -0.39 is 0 Å². The highest BCUT2D eigenvalue weighted by Gasteiger charge is 2.22. The average molecular weight is 520 g/mol. The Bertz CT molecular complexity index is 1230. The maximum Gasteiger partial charge on any atom is 0.234 e. The first-order chi connectivity index (χ1) is 18.5. The smallest absolute Gasteiger partial charge is 0.234 e. The molecule has 0 saturated carbocycles. The number of hydrogen-bond donors (Lipinski definition) is 0. The van der Waals surface area contributed by atoms with E-state index in [0.717, 1.165) is 49.7 Å². The van der Waals surface area contributed by atoms with E-state index in [0.29, 0.717) is 12.3 Å². The van der Waals surface area contributed by atoms with Crippen molar-refractivity contribution in [3.63, 3.8) is 0 Å². The van der Waals surface area contributed by atoms with E-state index >= 15 is 0 Å². The first-order valence-electron chi connectivity index (χ1n) is 13.2. The summed E-state index contributed by atoms with van der Waals surface area (Å²) in [7, 11) is 3.52. The van der Waals surface area contributed by atoms with E-state index in [9.17, 15) is 9.18 Å². The molecule has 0 unspecified atom stereocenters. The van der Waals surface area contributed by atoms with E-state index in [1.54, 1.807) is 13.2 Å². The summed E-state index contributed by atoms with van der Waals surface area (Å²) in [5.41, 5.74) is 4.39. The second-order valence-electron chi connectivity index (χ2n) is 8.65. The van der Waals surface area contributed by atoms with Gasteiger partial charge in [0.15, 0.2) is 0 Å². The van der Waals surface area contributed by atoms with Gasteiger partial charge in [-0.2, -0.15) is 0 Å². The van der Waals surface area contributed by atoms with Crippen LogP contribution in [0.15, 0.2) is 66.9 Å². The van der Waals surface area contributed by atoms with Gasteiger partial charge in [-0.25, -0.2) is 9.07 Å². The fourth-order valence-electron chi connectivity index (χ4n) is 4.34. The molecule has 3 aromatic rings. The zero-order chi connectivity index (χ0) is 27.5. The van der Waals surface area contributed by atoms with E-state index in [4.69, 9.17) is 4.74 Å². The normalized spacial score (nSPS) is 14.5. The molecule has 7 nitrogen and oxygen atoms in total. The lowest BCUT2D eigenvalue weighted by Gasteiger charge is -2.35. The van der Waals surface area contributed by atoms with Crippen molar-refractivity contribution in [2.45, 2.75) is 33.6 Å². The number of hydrogen-bond acceptors (Lipinski definition) is 5. The monoisotopic (exact) mass is 519 g/mol. The Morgan fingerprint density at radius 1 is 1.05 bits per heavy atom. The average Bonchev–Trinajstić information content (AvgIpc) is 3.62. The lowest BCUT2D eigenvalue weighted by molar-refractivity contribution is -0.131. The number of allylic oxidation sites excluding steroid dienone is 4. The number of amides is 1. The Hall–Kier alpha value is -3.94. The summed E-state index contributed by atoms with van der Waals surface area (Å²) in [6.45, 7) is 9.14. The molecule has 1 aromatic carbocycles. The summed E-state index contributed by atoms with van der Waals surface area (Å²) in [6, 6.07) is 15.4. The topological polar surface area (TPSA) is 63.5 Å². The van der Waals surface area contributed by atoms with Gasteiger partial charge in [0.2, 0.25) is 11.8 Å². The molecule has 0 spiro atoms. The third-order valence-electron chi connectivity index (χ3n) is 6.34. The van der Waals surface area contributed by atoms with Crippen LogP contribution >= 0.6 is 0 Å². The highest BCUT2D eigenvalue weighted by atomic mass is 19.1. The van der Waals surface area contributed by atoms with Crippen molar-refractivity contribution in [3.05, 3.63) is 84.0 Å². The van der Waals surface area contributed by atoms with E-state index in [-0.39, 0.29) is 11.7 Å². The highest BCUT2D eigenvalue weighted by Crippen LogP contribution is 2.31. The van der Waals surface area contributed by atoms with Crippen molar-refractivity contribution in [2.75, 3.05) is 38.2 Å². The van der Waals surface area contributed by atoms with E-state index in [1.807, 2.05) is 61.7 Å². The number of methoxy groups -OCH3 is 1. The Kier molecular flexibility index (Phi) is 10.6. The second-order valence-corrected chi connectivity index (χ2v) is 8.65. The maximum atomic E-state index is 12.8. The van der Waals surface area contributed by atoms with Crippen LogP contribution in [0.5, 0.6) is 5.88 Å². The van der Waals surface area contributed by atoms with Crippen LogP contribution in [0.3, 0.4) is 0 Å². The molecular formula is C30H38FN5O2. The number of benzene rings is 1. The van der Waals surface area contributed by atoms with Crippen LogP contribution in [-0.2, 0) is 11.8 Å². The molecule has 3 heterocycles. The van der Waals surface area contributed by atoms with Crippen LogP contribution < -0.4 is 9.64 Å². The van der Waals surface area contributed by atoms with Crippen molar-refractivity contribution in [1.29, 1.82) is 0 Å². The molecule has 0 N–H and O–H groups in total. The summed E-state index contributed by atoms with van der Waals surface area (Å²) in [4.78, 5) is 19.8. The summed E-state index contributed by atoms with van der Waals surface area (Å²) in [5.74, 6) is 1.59. The first kappa shape index (κ1) is 28.6. The number of anilines is 1. The number of carbonyl (C=O) groups excluding carboxylic acids is 1. The highest BCUT2D eigenvalue weighted by molar-refractivity contribution is 5.88. The number of aromatic nitrogens is 3. The summed E-state index contributed by atoms with van der Waals surface area (Å²) in [6.07, 6.45) is 6.99. The standard InChI is InChI=1S/C16H12FN.C12H20N4O2.C2H6/c17-15-8-9-16(18-11-15)14-7-6-13(10-14)12-4-2-1-3-5-12;1-4-12(17)16-7-5-15(6-8-16)11-9-10(18-3)13-14(11)2;1-2/h1-5,7-11H,6H2;9H,4-8H2,1-3H3;1-2H3. The number of rotatable bonds is 5. The Morgan fingerprint density at radius 3 is 2.34 bits per heavy atom. The van der Waals surface area contributed by atoms with Gasteiger partial charge in [0, 0.05) is 45.7 Å². The third kappa shape index (κ3) is 7.31. The SMILES string of the molecule is CC.CCC(=O)N1CCN(c2cc(OC)nn2C)CC1.Fc1ccc(C2=CCC(c3ccccc3)=C2)nc1. The van der Waals surface area contributed by atoms with Crippen LogP contribution in [0.25, 0.3) is 11.1 Å². The molecule has 2 aromatic heterocycles. The Labute approximate surface area is 225 Å². The van der Waals surface area contributed by atoms with Crippen molar-refractivity contribution < 1.29 is 13.9 Å². The summed E-state index contributed by atoms with van der Waals surface area (Å²) < 4.78 is 19.8. The third-order valence-corrected chi connectivity index (χ3v) is 6.34. The summed E-state index contributed by atoms with van der Waals surface area (Å²) >= 11 is 0. The molecule has 0 atom stereocenters. The van der Waals surface area contributed by atoms with Gasteiger partial charge < -0.3 is 14.5 Å². The molecule has 5 rings (SSSR count). The molecule has 202 valence electrons. The number of halogens is 1. The van der Waals surface area contributed by atoms with Crippen LogP contribution in [0.2, 0.25) is 0 Å². The number of ether oxygens (including phenoxy) is 1. The van der Waals surface area contributed by atoms with Gasteiger partial charge in [0.1, 0.15) is 11.6 Å². The first-order valence-corrected chi connectivity index (χ1v) is 13.2. The van der Waals surface area contributed by atoms with Gasteiger partial charge in [-0.15, -0.1) is 5.10 Å². The summed E-state index contributed by atoms with van der Waals surface area (Å²) in [5, 5.41) is 4.25. The van der Waals surface area contributed by atoms with Gasteiger partial charge in [-0.1, -0.05) is 57.2 Å². The molecule has 1 saturated heterocycles. The van der Waals surface area contributed by atoms with Crippen LogP contribution in [0.1, 0.15) is 44.9 Å². The van der Waals surface area contributed by atoms with Crippen molar-refractivity contribution in [3.8, 4) is 5.88 Å². The molecule has 1 aliphatic carbocycles. The Morgan fingerprint density at radius 2 is 1.76 bits per heavy atom. The number of piperazine rings is 1. The minimum Gasteiger partial charge on any atom is -0.480 e. The maximum absolute atomic E-state index is 12.8. The fourth-order valence-corrected chi connectivity index (χ4v) is 4.34. The molecule has 0 bridgehead atoms. The van der Waals surface area contributed by atoms with E-state index in [1.165, 1.54) is 23.4 Å². The number of carbonyl (C=O) groups is 1. The van der Waals surface area contributed by atoms with E-state index in [2.05, 4.69) is 39.3 Å². The van der Waals surface area contributed by atoms with Crippen LogP contribution in [0, 0.1) is 5.82 Å². The molecule has 1 aliphatic heterocycles. The van der Waals surface area contributed by atoms with Gasteiger partial charge in [0.05, 0.1) is 19.0 Å². The minimum atomic E-state index is -0.301. The lowest BCUT2D eigenvalue weighted by Crippen LogP contribution is -2.49. The van der Waals surface area contributed by atoms with Crippen molar-refractivity contribution in [1.82, 2.24) is 19.7 Å². The van der Waals surface area contributed by atoms with Crippen LogP contribution in [0.4, 0.5) is 10.2 Å². The van der Waals surface area contributed by atoms with Gasteiger partial charge >= 0.3 is 0 Å². The number of pyridine rings is 1. The van der Waals surface area contributed by atoms with Crippen molar-refractivity contribution in [2.24, 2.45) is 7.05 Å². The zero-order valence-corrected chi connectivity index (χ0v) is 23.0. The second kappa shape index (κ2) is 14.1. The van der Waals surface area contributed by atoms with Gasteiger partial charge in [0.25, 0.3) is 0 Å². The number of aryl methyl sites for hydroxylation is 1. The van der Waals surface area contributed by atoms with Gasteiger partial charge in [-0.05, 0) is 41.3 Å². The molecule has 1 amide bonds. The molecule has 8 heteroatoms. The molecule has 0 radical (unpaired) electrons. The molecular weight excluding hydrogens is 481 g/mol. The van der Waals surface area contributed by atoms with Gasteiger partial charge in [-0.3, -0.25) is 9.78 Å². The predicted octanol–water partition coefficient (Wildman–Crippen LogP) is 5.60. The lowest BCUT2D eigenvalue weighted by atomic mass is 10.1. The van der Waals surface area contributed by atoms with Crippen molar-refractivity contribution >= 4 is 22.9 Å².